The summed E-state index contributed by atoms with van der Waals surface area (Å²) in [5, 5.41) is 0.0914. The number of carbonyl (C=O) groups is 1. The van der Waals surface area contributed by atoms with Gasteiger partial charge in [0.15, 0.2) is 5.78 Å². The highest BCUT2D eigenvalue weighted by atomic mass is 32.2. The first-order valence-corrected chi connectivity index (χ1v) is 4.07. The molecule has 0 spiro atoms. The summed E-state index contributed by atoms with van der Waals surface area (Å²) in [4.78, 5) is 11.0. The van der Waals surface area contributed by atoms with Crippen LogP contribution in [0.3, 0.4) is 0 Å². The fourth-order valence-corrected chi connectivity index (χ4v) is 1.65. The maximum atomic E-state index is 11.0. The number of hydrogen-bond acceptors (Lipinski definition) is 3. The molecule has 2 nitrogen and oxygen atoms in total. The zero-order valence-electron chi connectivity index (χ0n) is 6.42. The first-order chi connectivity index (χ1) is 4.61. The van der Waals surface area contributed by atoms with Crippen LogP contribution in [0.15, 0.2) is 11.8 Å². The van der Waals surface area contributed by atoms with E-state index < -0.39 is 0 Å². The second-order valence-electron chi connectivity index (χ2n) is 2.43. The molecule has 0 aliphatic carbocycles. The lowest BCUT2D eigenvalue weighted by Crippen LogP contribution is -2.24. The molecule has 1 aliphatic heterocycles. The van der Waals surface area contributed by atoms with E-state index in [1.807, 2.05) is 25.2 Å². The lowest BCUT2D eigenvalue weighted by molar-refractivity contribution is -0.114. The fourth-order valence-electron chi connectivity index (χ4n) is 0.786. The molecular weight excluding hydrogens is 146 g/mol. The van der Waals surface area contributed by atoms with E-state index >= 15 is 0 Å². The molecule has 3 heteroatoms. The summed E-state index contributed by atoms with van der Waals surface area (Å²) in [5.41, 5.74) is 1.04. The number of carbonyl (C=O) groups excluding carboxylic acids is 1. The Bertz CT molecular complexity index is 188. The Balaban J connectivity index is 2.79. The van der Waals surface area contributed by atoms with Crippen LogP contribution in [0.25, 0.3) is 0 Å². The predicted octanol–water partition coefficient (Wildman–Crippen LogP) is 1.44. The molecule has 0 bridgehead atoms. The van der Waals surface area contributed by atoms with Crippen molar-refractivity contribution in [1.82, 2.24) is 4.31 Å². The van der Waals surface area contributed by atoms with Crippen LogP contribution in [0.1, 0.15) is 13.8 Å². The minimum Gasteiger partial charge on any atom is -0.323 e. The van der Waals surface area contributed by atoms with Gasteiger partial charge in [-0.1, -0.05) is 0 Å². The number of allylic oxidation sites excluding steroid dienone is 2. The molecule has 0 radical (unpaired) electrons. The highest BCUT2D eigenvalue weighted by molar-refractivity contribution is 7.98. The molecular formula is C7H11NOS. The maximum Gasteiger partial charge on any atom is 0.171 e. The third-order valence-electron chi connectivity index (χ3n) is 1.56. The lowest BCUT2D eigenvalue weighted by Gasteiger charge is -2.25. The first kappa shape index (κ1) is 7.66. The summed E-state index contributed by atoms with van der Waals surface area (Å²) in [7, 11) is 1.97. The highest BCUT2D eigenvalue weighted by Gasteiger charge is 2.19. The average molecular weight is 157 g/mol. The summed E-state index contributed by atoms with van der Waals surface area (Å²) in [6, 6.07) is 0. The Kier molecular flexibility index (Phi) is 2.04. The van der Waals surface area contributed by atoms with E-state index in [-0.39, 0.29) is 11.0 Å². The maximum absolute atomic E-state index is 11.0. The SMILES string of the molecule is CC1=CC(=O)C(C)SN1C. The van der Waals surface area contributed by atoms with E-state index in [1.54, 1.807) is 18.0 Å². The van der Waals surface area contributed by atoms with Crippen LogP contribution < -0.4 is 0 Å². The molecule has 1 atom stereocenters. The smallest absolute Gasteiger partial charge is 0.171 e. The van der Waals surface area contributed by atoms with Gasteiger partial charge in [0.2, 0.25) is 0 Å². The van der Waals surface area contributed by atoms with E-state index in [1.165, 1.54) is 0 Å². The van der Waals surface area contributed by atoms with Gasteiger partial charge in [-0.3, -0.25) is 4.79 Å². The Hall–Kier alpha value is -0.440. The van der Waals surface area contributed by atoms with Crippen LogP contribution in [0.4, 0.5) is 0 Å². The monoisotopic (exact) mass is 157 g/mol. The fraction of sp³-hybridized carbons (Fsp3) is 0.571. The van der Waals surface area contributed by atoms with Crippen molar-refractivity contribution in [1.29, 1.82) is 0 Å². The summed E-state index contributed by atoms with van der Waals surface area (Å²) in [6.07, 6.45) is 1.70. The summed E-state index contributed by atoms with van der Waals surface area (Å²) in [6.45, 7) is 3.86. The standard InChI is InChI=1S/C7H11NOS/c1-5-4-7(9)6(2)10-8(5)3/h4,6H,1-3H3. The predicted molar refractivity (Wildman–Crippen MR) is 43.6 cm³/mol. The van der Waals surface area contributed by atoms with E-state index in [4.69, 9.17) is 0 Å². The van der Waals surface area contributed by atoms with Crippen LogP contribution in [0.5, 0.6) is 0 Å². The minimum atomic E-state index is 0.0914. The van der Waals surface area contributed by atoms with Gasteiger partial charge < -0.3 is 4.31 Å². The van der Waals surface area contributed by atoms with E-state index in [2.05, 4.69) is 0 Å². The number of ketones is 1. The molecule has 56 valence electrons. The molecule has 0 saturated carbocycles. The van der Waals surface area contributed by atoms with Crippen molar-refractivity contribution in [3.05, 3.63) is 11.8 Å². The zero-order chi connectivity index (χ0) is 7.72. The molecule has 0 saturated heterocycles. The van der Waals surface area contributed by atoms with Crippen molar-refractivity contribution < 1.29 is 4.79 Å². The van der Waals surface area contributed by atoms with Crippen LogP contribution in [0, 0.1) is 0 Å². The number of hydrogen-bond donors (Lipinski definition) is 0. The molecule has 0 aromatic heterocycles. The largest absolute Gasteiger partial charge is 0.323 e. The Labute approximate surface area is 65.4 Å². The van der Waals surface area contributed by atoms with E-state index in [9.17, 15) is 4.79 Å². The normalized spacial score (nSPS) is 26.7. The molecule has 0 N–H and O–H groups in total. The molecule has 0 aromatic carbocycles. The Morgan fingerprint density at radius 3 is 2.80 bits per heavy atom. The van der Waals surface area contributed by atoms with Gasteiger partial charge in [-0.25, -0.2) is 0 Å². The quantitative estimate of drug-likeness (QED) is 0.496. The van der Waals surface area contributed by atoms with Crippen molar-refractivity contribution in [2.24, 2.45) is 0 Å². The van der Waals surface area contributed by atoms with Gasteiger partial charge >= 0.3 is 0 Å². The highest BCUT2D eigenvalue weighted by Crippen LogP contribution is 2.25. The van der Waals surface area contributed by atoms with Gasteiger partial charge in [0.25, 0.3) is 0 Å². The third-order valence-corrected chi connectivity index (χ3v) is 2.72. The first-order valence-electron chi connectivity index (χ1n) is 3.24. The minimum absolute atomic E-state index is 0.0914. The van der Waals surface area contributed by atoms with Gasteiger partial charge in [0.05, 0.1) is 5.25 Å². The van der Waals surface area contributed by atoms with Gasteiger partial charge in [-0.2, -0.15) is 0 Å². The second kappa shape index (κ2) is 2.66. The molecule has 1 aliphatic rings. The van der Waals surface area contributed by atoms with Crippen LogP contribution in [-0.2, 0) is 4.79 Å². The number of rotatable bonds is 0. The molecule has 1 unspecified atom stereocenters. The van der Waals surface area contributed by atoms with Crippen LogP contribution in [-0.4, -0.2) is 22.4 Å². The van der Waals surface area contributed by atoms with Crippen LogP contribution >= 0.6 is 11.9 Å². The summed E-state index contributed by atoms with van der Waals surface area (Å²) in [5.74, 6) is 0.223. The second-order valence-corrected chi connectivity index (χ2v) is 3.90. The topological polar surface area (TPSA) is 20.3 Å². The van der Waals surface area contributed by atoms with Gasteiger partial charge in [-0.05, 0) is 25.8 Å². The summed E-state index contributed by atoms with van der Waals surface area (Å²) >= 11 is 1.57. The molecule has 10 heavy (non-hydrogen) atoms. The molecule has 0 aromatic rings. The number of nitrogens with zero attached hydrogens (tertiary/aromatic N) is 1. The van der Waals surface area contributed by atoms with Crippen molar-refractivity contribution in [2.75, 3.05) is 7.05 Å². The average Bonchev–Trinajstić information content (AvgIpc) is 1.84. The van der Waals surface area contributed by atoms with Crippen molar-refractivity contribution in [3.63, 3.8) is 0 Å². The van der Waals surface area contributed by atoms with Gasteiger partial charge in [0.1, 0.15) is 0 Å². The Morgan fingerprint density at radius 1 is 1.70 bits per heavy atom. The van der Waals surface area contributed by atoms with Gasteiger partial charge in [0, 0.05) is 18.8 Å². The zero-order valence-corrected chi connectivity index (χ0v) is 7.23. The Morgan fingerprint density at radius 2 is 2.30 bits per heavy atom. The third kappa shape index (κ3) is 1.34. The van der Waals surface area contributed by atoms with Crippen molar-refractivity contribution >= 4 is 17.7 Å². The van der Waals surface area contributed by atoms with Crippen molar-refractivity contribution in [2.45, 2.75) is 19.1 Å². The molecule has 0 fully saturated rings. The molecule has 1 rings (SSSR count). The summed E-state index contributed by atoms with van der Waals surface area (Å²) < 4.78 is 2.02. The van der Waals surface area contributed by atoms with Crippen molar-refractivity contribution in [3.8, 4) is 0 Å². The van der Waals surface area contributed by atoms with E-state index in [0.717, 1.165) is 5.70 Å². The lowest BCUT2D eigenvalue weighted by atomic mass is 10.2. The molecule has 1 heterocycles. The van der Waals surface area contributed by atoms with E-state index in [0.29, 0.717) is 0 Å². The molecule has 0 amide bonds. The van der Waals surface area contributed by atoms with Gasteiger partial charge in [-0.15, -0.1) is 0 Å². The van der Waals surface area contributed by atoms with Crippen LogP contribution in [0.2, 0.25) is 0 Å².